The van der Waals surface area contributed by atoms with Crippen molar-refractivity contribution in [2.45, 2.75) is 240 Å². The number of unbranched alkanes of at least 4 members (excludes halogenated alkanes) is 17. The van der Waals surface area contributed by atoms with Crippen molar-refractivity contribution in [2.75, 3.05) is 19.8 Å². The minimum absolute atomic E-state index is 0.273. The number of ether oxygens (including phenoxy) is 3. The van der Waals surface area contributed by atoms with Gasteiger partial charge in [-0.05, 0) is 147 Å². The Morgan fingerprint density at radius 2 is 1.30 bits per heavy atom. The number of allylic oxidation sites excluding steroid dienone is 1. The number of esters is 1. The monoisotopic (exact) mass is 871 g/mol. The fraction of sp³-hybridized carbons (Fsp3) is 0.814. The summed E-state index contributed by atoms with van der Waals surface area (Å²) >= 11 is 0. The van der Waals surface area contributed by atoms with Crippen molar-refractivity contribution in [2.24, 2.45) is 46.3 Å². The zero-order valence-corrected chi connectivity index (χ0v) is 42.1. The highest BCUT2D eigenvalue weighted by atomic mass is 16.5. The number of fused-ring (bicyclic) bond motifs is 5. The zero-order valence-electron chi connectivity index (χ0n) is 42.1. The first-order valence-corrected chi connectivity index (χ1v) is 27.5. The molecule has 4 aliphatic carbocycles. The van der Waals surface area contributed by atoms with E-state index in [1.807, 2.05) is 30.3 Å². The standard InChI is InChI=1S/C59H98O4/c1-7-8-9-10-11-12-13-14-15-16-17-18-19-20-21-23-43-61-51-33-29-49(30-34-51)31-38-57(60)63-45-25-22-24-44-62-52-39-41-58(5)50(46-52)32-35-53-55-37-36-54(48(4)28-26-27-47(2)3)59(55,6)42-40-56(53)58/h29-34,38,47-48,52-56H,7-28,35-37,39-46H2,1-6H3/b38-31+/t48-,52+,53+,54-,55+,56+,58+,59-/m1/s1. The molecule has 8 atom stereocenters. The van der Waals surface area contributed by atoms with Crippen LogP contribution in [0.1, 0.15) is 240 Å². The Bertz CT molecular complexity index is 1460. The normalized spacial score (nSPS) is 27.2. The predicted molar refractivity (Wildman–Crippen MR) is 268 cm³/mol. The molecule has 4 heteroatoms. The molecule has 0 N–H and O–H groups in total. The fourth-order valence-corrected chi connectivity index (χ4v) is 13.3. The molecule has 1 aromatic carbocycles. The Hall–Kier alpha value is -2.07. The van der Waals surface area contributed by atoms with Crippen molar-refractivity contribution < 1.29 is 19.0 Å². The summed E-state index contributed by atoms with van der Waals surface area (Å²) in [5, 5.41) is 0. The summed E-state index contributed by atoms with van der Waals surface area (Å²) in [4.78, 5) is 12.4. The summed E-state index contributed by atoms with van der Waals surface area (Å²) in [6, 6.07) is 8.01. The van der Waals surface area contributed by atoms with Crippen molar-refractivity contribution in [1.82, 2.24) is 0 Å². The number of rotatable bonds is 32. The summed E-state index contributed by atoms with van der Waals surface area (Å²) < 4.78 is 18.0. The van der Waals surface area contributed by atoms with Gasteiger partial charge in [-0.15, -0.1) is 0 Å². The molecule has 0 spiro atoms. The Balaban J connectivity index is 0.854. The molecule has 63 heavy (non-hydrogen) atoms. The molecular weight excluding hydrogens is 773 g/mol. The van der Waals surface area contributed by atoms with E-state index in [0.29, 0.717) is 23.5 Å². The van der Waals surface area contributed by atoms with Crippen LogP contribution < -0.4 is 4.74 Å². The van der Waals surface area contributed by atoms with E-state index < -0.39 is 0 Å². The van der Waals surface area contributed by atoms with Gasteiger partial charge in [0.1, 0.15) is 5.75 Å². The molecule has 0 bridgehead atoms. The van der Waals surface area contributed by atoms with E-state index in [1.54, 1.807) is 11.6 Å². The van der Waals surface area contributed by atoms with Crippen LogP contribution in [0.4, 0.5) is 0 Å². The van der Waals surface area contributed by atoms with Crippen molar-refractivity contribution in [3.63, 3.8) is 0 Å². The van der Waals surface area contributed by atoms with Crippen LogP contribution in [-0.4, -0.2) is 31.9 Å². The second kappa shape index (κ2) is 28.2. The summed E-state index contributed by atoms with van der Waals surface area (Å²) in [5.41, 5.74) is 3.65. The van der Waals surface area contributed by atoms with Gasteiger partial charge in [0.05, 0.1) is 19.3 Å². The van der Waals surface area contributed by atoms with Gasteiger partial charge in [-0.1, -0.05) is 181 Å². The highest BCUT2D eigenvalue weighted by Gasteiger charge is 2.59. The first-order chi connectivity index (χ1) is 30.6. The van der Waals surface area contributed by atoms with Crippen LogP contribution in [0.3, 0.4) is 0 Å². The van der Waals surface area contributed by atoms with Crippen LogP contribution in [0.5, 0.6) is 5.75 Å². The van der Waals surface area contributed by atoms with E-state index in [-0.39, 0.29) is 5.97 Å². The van der Waals surface area contributed by atoms with Crippen molar-refractivity contribution in [1.29, 1.82) is 0 Å². The van der Waals surface area contributed by atoms with Crippen molar-refractivity contribution >= 4 is 12.0 Å². The number of hydrogen-bond acceptors (Lipinski definition) is 4. The summed E-state index contributed by atoms with van der Waals surface area (Å²) in [7, 11) is 0. The van der Waals surface area contributed by atoms with E-state index in [0.717, 1.165) is 92.1 Å². The third kappa shape index (κ3) is 16.6. The maximum Gasteiger partial charge on any atom is 0.330 e. The molecule has 0 amide bonds. The number of hydrogen-bond donors (Lipinski definition) is 0. The molecule has 0 aromatic heterocycles. The van der Waals surface area contributed by atoms with Crippen LogP contribution in [0.25, 0.3) is 6.08 Å². The average molecular weight is 871 g/mol. The van der Waals surface area contributed by atoms with Crippen LogP contribution in [0.15, 0.2) is 42.0 Å². The lowest BCUT2D eigenvalue weighted by atomic mass is 9.47. The van der Waals surface area contributed by atoms with Gasteiger partial charge in [0.2, 0.25) is 0 Å². The molecule has 0 saturated heterocycles. The SMILES string of the molecule is CCCCCCCCCCCCCCCCCCOc1ccc(/C=C/C(=O)OCCCCCO[C@H]2CC[C@@]3(C)C(=CC[C@H]4[C@@H]5CC[C@H]([C@H](C)CCCC(C)C)[C@@]5(C)CC[C@@H]43)C2)cc1. The lowest BCUT2D eigenvalue weighted by Gasteiger charge is -2.58. The van der Waals surface area contributed by atoms with E-state index >= 15 is 0 Å². The van der Waals surface area contributed by atoms with Gasteiger partial charge in [-0.3, -0.25) is 0 Å². The summed E-state index contributed by atoms with van der Waals surface area (Å²) in [6.07, 6.45) is 46.4. The lowest BCUT2D eigenvalue weighted by Crippen LogP contribution is -2.51. The Kier molecular flexibility index (Phi) is 23.2. The van der Waals surface area contributed by atoms with Gasteiger partial charge in [-0.2, -0.15) is 0 Å². The predicted octanol–water partition coefficient (Wildman–Crippen LogP) is 17.5. The third-order valence-electron chi connectivity index (χ3n) is 17.2. The minimum Gasteiger partial charge on any atom is -0.494 e. The number of benzene rings is 1. The topological polar surface area (TPSA) is 44.8 Å². The maximum absolute atomic E-state index is 12.4. The molecule has 0 unspecified atom stereocenters. The van der Waals surface area contributed by atoms with E-state index in [1.165, 1.54) is 161 Å². The van der Waals surface area contributed by atoms with Gasteiger partial charge >= 0.3 is 5.97 Å². The highest BCUT2D eigenvalue weighted by Crippen LogP contribution is 2.67. The second-order valence-electron chi connectivity index (χ2n) is 22.3. The van der Waals surface area contributed by atoms with Gasteiger partial charge in [0.15, 0.2) is 0 Å². The Morgan fingerprint density at radius 1 is 0.683 bits per heavy atom. The fourth-order valence-electron chi connectivity index (χ4n) is 13.3. The quantitative estimate of drug-likeness (QED) is 0.0313. The van der Waals surface area contributed by atoms with E-state index in [4.69, 9.17) is 14.2 Å². The first kappa shape index (κ1) is 51.9. The molecule has 358 valence electrons. The number of carbonyl (C=O) groups is 1. The van der Waals surface area contributed by atoms with Crippen molar-refractivity contribution in [3.05, 3.63) is 47.6 Å². The average Bonchev–Trinajstić information content (AvgIpc) is 3.64. The summed E-state index contributed by atoms with van der Waals surface area (Å²) in [5.74, 6) is 5.95. The van der Waals surface area contributed by atoms with Crippen LogP contribution >= 0.6 is 0 Å². The molecule has 0 aliphatic heterocycles. The summed E-state index contributed by atoms with van der Waals surface area (Å²) in [6.45, 7) is 17.0. The smallest absolute Gasteiger partial charge is 0.330 e. The highest BCUT2D eigenvalue weighted by molar-refractivity contribution is 5.87. The molecule has 3 saturated carbocycles. The second-order valence-corrected chi connectivity index (χ2v) is 22.3. The lowest BCUT2D eigenvalue weighted by molar-refractivity contribution is -0.137. The molecule has 0 radical (unpaired) electrons. The third-order valence-corrected chi connectivity index (χ3v) is 17.2. The molecule has 3 fully saturated rings. The van der Waals surface area contributed by atoms with Crippen molar-refractivity contribution in [3.8, 4) is 5.75 Å². The minimum atomic E-state index is -0.273. The van der Waals surface area contributed by atoms with E-state index in [9.17, 15) is 4.79 Å². The molecule has 4 nitrogen and oxygen atoms in total. The number of carbonyl (C=O) groups excluding carboxylic acids is 1. The Morgan fingerprint density at radius 3 is 1.97 bits per heavy atom. The maximum atomic E-state index is 12.4. The molecule has 0 heterocycles. The van der Waals surface area contributed by atoms with Crippen LogP contribution in [0.2, 0.25) is 0 Å². The van der Waals surface area contributed by atoms with E-state index in [2.05, 4.69) is 47.6 Å². The molecular formula is C59H98O4. The largest absolute Gasteiger partial charge is 0.494 e. The van der Waals surface area contributed by atoms with Gasteiger partial charge in [0, 0.05) is 12.7 Å². The Labute approximate surface area is 389 Å². The molecule has 1 aromatic rings. The van der Waals surface area contributed by atoms with Crippen LogP contribution in [-0.2, 0) is 14.3 Å². The van der Waals surface area contributed by atoms with Gasteiger partial charge in [0.25, 0.3) is 0 Å². The van der Waals surface area contributed by atoms with Crippen LogP contribution in [0, 0.1) is 46.3 Å². The zero-order chi connectivity index (χ0) is 44.8. The molecule has 4 aliphatic rings. The molecule has 5 rings (SSSR count). The first-order valence-electron chi connectivity index (χ1n) is 27.5. The van der Waals surface area contributed by atoms with Gasteiger partial charge < -0.3 is 14.2 Å². The van der Waals surface area contributed by atoms with Gasteiger partial charge in [-0.25, -0.2) is 4.79 Å².